The number of amides is 2. The van der Waals surface area contributed by atoms with E-state index < -0.39 is 17.5 Å². The molecular weight excluding hydrogens is 437 g/mol. The highest BCUT2D eigenvalue weighted by molar-refractivity contribution is 7.08. The highest BCUT2D eigenvalue weighted by Gasteiger charge is 2.42. The van der Waals surface area contributed by atoms with Crippen molar-refractivity contribution >= 4 is 35.3 Å². The number of hydrogen-bond donors (Lipinski definition) is 0. The van der Waals surface area contributed by atoms with Crippen LogP contribution < -0.4 is 0 Å². The number of carbonyl (C=O) groups excluding carboxylic acids is 2. The Balaban J connectivity index is 1.31. The number of rotatable bonds is 4. The van der Waals surface area contributed by atoms with Crippen molar-refractivity contribution in [1.82, 2.24) is 9.80 Å². The topological polar surface area (TPSA) is 40.6 Å². The van der Waals surface area contributed by atoms with Crippen LogP contribution in [0.5, 0.6) is 0 Å². The lowest BCUT2D eigenvalue weighted by molar-refractivity contribution is -0.129. The van der Waals surface area contributed by atoms with Gasteiger partial charge in [0.1, 0.15) is 0 Å². The van der Waals surface area contributed by atoms with Gasteiger partial charge in [-0.15, -0.1) is 0 Å². The lowest BCUT2D eigenvalue weighted by Gasteiger charge is -2.38. The molecule has 32 heavy (non-hydrogen) atoms. The summed E-state index contributed by atoms with van der Waals surface area (Å²) in [5.41, 5.74) is 0.816. The molecular formula is C24H23F3N2O2S. The number of carbonyl (C=O) groups is 2. The number of piperidine rings is 1. The predicted octanol–water partition coefficient (Wildman–Crippen LogP) is 4.73. The summed E-state index contributed by atoms with van der Waals surface area (Å²) in [6.45, 7) is 2.44. The van der Waals surface area contributed by atoms with E-state index >= 15 is 0 Å². The fourth-order valence-corrected chi connectivity index (χ4v) is 4.94. The van der Waals surface area contributed by atoms with Gasteiger partial charge >= 0.3 is 0 Å². The van der Waals surface area contributed by atoms with Gasteiger partial charge in [-0.1, -0.05) is 0 Å². The molecule has 1 aromatic carbocycles. The van der Waals surface area contributed by atoms with E-state index in [0.29, 0.717) is 26.2 Å². The lowest BCUT2D eigenvalue weighted by Crippen LogP contribution is -2.44. The molecule has 0 unspecified atom stereocenters. The van der Waals surface area contributed by atoms with E-state index in [1.165, 1.54) is 12.2 Å². The summed E-state index contributed by atoms with van der Waals surface area (Å²) in [6.07, 6.45) is 8.27. The van der Waals surface area contributed by atoms with E-state index in [9.17, 15) is 22.8 Å². The Hall–Kier alpha value is -2.87. The van der Waals surface area contributed by atoms with Crippen LogP contribution in [0.3, 0.4) is 0 Å². The second-order valence-electron chi connectivity index (χ2n) is 8.32. The third-order valence-corrected chi connectivity index (χ3v) is 7.02. The maximum Gasteiger partial charge on any atom is 0.246 e. The Morgan fingerprint density at radius 2 is 1.53 bits per heavy atom. The zero-order valence-electron chi connectivity index (χ0n) is 17.4. The first-order valence-corrected chi connectivity index (χ1v) is 11.4. The van der Waals surface area contributed by atoms with Gasteiger partial charge in [0.2, 0.25) is 11.8 Å². The number of nitrogens with zero attached hydrogens (tertiary/aromatic N) is 2. The zero-order chi connectivity index (χ0) is 22.7. The first kappa shape index (κ1) is 22.3. The van der Waals surface area contributed by atoms with Crippen LogP contribution in [0.4, 0.5) is 13.2 Å². The molecule has 3 heterocycles. The molecule has 2 aromatic rings. The van der Waals surface area contributed by atoms with Crippen molar-refractivity contribution in [1.29, 1.82) is 0 Å². The van der Waals surface area contributed by atoms with Crippen LogP contribution >= 0.6 is 11.3 Å². The van der Waals surface area contributed by atoms with Crippen molar-refractivity contribution in [3.05, 3.63) is 69.7 Å². The molecule has 2 saturated heterocycles. The third kappa shape index (κ3) is 4.80. The highest BCUT2D eigenvalue weighted by atomic mass is 32.1. The van der Waals surface area contributed by atoms with E-state index in [-0.39, 0.29) is 22.8 Å². The highest BCUT2D eigenvalue weighted by Crippen LogP contribution is 2.40. The van der Waals surface area contributed by atoms with Gasteiger partial charge in [0.15, 0.2) is 17.5 Å². The minimum atomic E-state index is -1.55. The summed E-state index contributed by atoms with van der Waals surface area (Å²) in [7, 11) is 0. The molecule has 0 N–H and O–H groups in total. The van der Waals surface area contributed by atoms with Crippen molar-refractivity contribution in [3.63, 3.8) is 0 Å². The maximum atomic E-state index is 13.8. The van der Waals surface area contributed by atoms with Gasteiger partial charge in [-0.3, -0.25) is 9.59 Å². The second kappa shape index (κ2) is 9.32. The molecule has 2 aliphatic heterocycles. The smallest absolute Gasteiger partial charge is 0.246 e. The lowest BCUT2D eigenvalue weighted by atomic mass is 9.78. The van der Waals surface area contributed by atoms with Crippen LogP contribution in [0.25, 0.3) is 12.2 Å². The number of halogens is 3. The molecule has 0 bridgehead atoms. The van der Waals surface area contributed by atoms with Gasteiger partial charge in [0.05, 0.1) is 0 Å². The van der Waals surface area contributed by atoms with Crippen LogP contribution in [0.1, 0.15) is 30.4 Å². The standard InChI is InChI=1S/C24H23F3N2O2S/c25-19-4-2-18(22(26)23(19)27)3-6-21(31)29-13-10-24(16-29)8-11-28(12-9-24)20(30)5-1-17-7-14-32-15-17/h1-7,14-15H,8-13,16H2/b5-1+,6-3+. The molecule has 2 amide bonds. The van der Waals surface area contributed by atoms with Gasteiger partial charge < -0.3 is 9.80 Å². The van der Waals surface area contributed by atoms with Crippen molar-refractivity contribution < 1.29 is 22.8 Å². The van der Waals surface area contributed by atoms with Gasteiger partial charge in [0.25, 0.3) is 0 Å². The van der Waals surface area contributed by atoms with Crippen molar-refractivity contribution in [2.45, 2.75) is 19.3 Å². The molecule has 4 rings (SSSR count). The Labute approximate surface area is 188 Å². The molecule has 2 aliphatic rings. The summed E-state index contributed by atoms with van der Waals surface area (Å²) in [5.74, 6) is -4.42. The number of hydrogen-bond acceptors (Lipinski definition) is 3. The van der Waals surface area contributed by atoms with Gasteiger partial charge in [-0.2, -0.15) is 11.3 Å². The van der Waals surface area contributed by atoms with Crippen LogP contribution in [0.15, 0.2) is 41.1 Å². The number of likely N-dealkylation sites (tertiary alicyclic amines) is 2. The van der Waals surface area contributed by atoms with Crippen LogP contribution in [-0.4, -0.2) is 47.8 Å². The Morgan fingerprint density at radius 3 is 2.22 bits per heavy atom. The molecule has 0 atom stereocenters. The third-order valence-electron chi connectivity index (χ3n) is 6.32. The van der Waals surface area contributed by atoms with Crippen LogP contribution in [0.2, 0.25) is 0 Å². The quantitative estimate of drug-likeness (QED) is 0.489. The second-order valence-corrected chi connectivity index (χ2v) is 9.10. The van der Waals surface area contributed by atoms with Crippen molar-refractivity contribution in [2.24, 2.45) is 5.41 Å². The minimum absolute atomic E-state index is 0.00605. The van der Waals surface area contributed by atoms with E-state index in [1.54, 1.807) is 22.3 Å². The summed E-state index contributed by atoms with van der Waals surface area (Å²) >= 11 is 1.58. The van der Waals surface area contributed by atoms with Crippen molar-refractivity contribution in [3.8, 4) is 0 Å². The maximum absolute atomic E-state index is 13.8. The predicted molar refractivity (Wildman–Crippen MR) is 118 cm³/mol. The molecule has 0 aliphatic carbocycles. The van der Waals surface area contributed by atoms with Crippen molar-refractivity contribution in [2.75, 3.05) is 26.2 Å². The average Bonchev–Trinajstić information content (AvgIpc) is 3.46. The SMILES string of the molecule is O=C(/C=C/c1ccsc1)N1CCC2(CC1)CCN(C(=O)/C=C/c1ccc(F)c(F)c1F)C2. The summed E-state index contributed by atoms with van der Waals surface area (Å²) in [6, 6.07) is 3.89. The minimum Gasteiger partial charge on any atom is -0.339 e. The summed E-state index contributed by atoms with van der Waals surface area (Å²) < 4.78 is 40.2. The zero-order valence-corrected chi connectivity index (χ0v) is 18.2. The molecule has 8 heteroatoms. The Bertz CT molecular complexity index is 1060. The molecule has 168 valence electrons. The average molecular weight is 461 g/mol. The fourth-order valence-electron chi connectivity index (χ4n) is 4.31. The summed E-state index contributed by atoms with van der Waals surface area (Å²) in [5, 5.41) is 3.94. The van der Waals surface area contributed by atoms with E-state index in [4.69, 9.17) is 0 Å². The van der Waals surface area contributed by atoms with Crippen LogP contribution in [-0.2, 0) is 9.59 Å². The normalized spacial score (nSPS) is 18.3. The number of thiophene rings is 1. The molecule has 1 spiro atoms. The van der Waals surface area contributed by atoms with Crippen LogP contribution in [0, 0.1) is 22.9 Å². The Kier molecular flexibility index (Phi) is 6.50. The van der Waals surface area contributed by atoms with Gasteiger partial charge in [-0.05, 0) is 71.4 Å². The first-order valence-electron chi connectivity index (χ1n) is 10.5. The Morgan fingerprint density at radius 1 is 0.875 bits per heavy atom. The molecule has 1 aromatic heterocycles. The molecule has 0 radical (unpaired) electrons. The summed E-state index contributed by atoms with van der Waals surface area (Å²) in [4.78, 5) is 28.5. The first-order chi connectivity index (χ1) is 15.4. The molecule has 2 fully saturated rings. The van der Waals surface area contributed by atoms with E-state index in [1.807, 2.05) is 27.8 Å². The van der Waals surface area contributed by atoms with Gasteiger partial charge in [-0.25, -0.2) is 13.2 Å². The monoisotopic (exact) mass is 460 g/mol. The van der Waals surface area contributed by atoms with Gasteiger partial charge in [0, 0.05) is 43.9 Å². The molecule has 4 nitrogen and oxygen atoms in total. The van der Waals surface area contributed by atoms with E-state index in [2.05, 4.69) is 0 Å². The molecule has 0 saturated carbocycles. The fraction of sp³-hybridized carbons (Fsp3) is 0.333. The largest absolute Gasteiger partial charge is 0.339 e. The number of benzene rings is 1. The van der Waals surface area contributed by atoms with E-state index in [0.717, 1.165) is 37.0 Å².